The van der Waals surface area contributed by atoms with Crippen LogP contribution in [0.3, 0.4) is 0 Å². The molecule has 1 amide bonds. The molecule has 27 heavy (non-hydrogen) atoms. The number of carbonyl (C=O) groups is 1. The first-order chi connectivity index (χ1) is 13.0. The minimum atomic E-state index is -0.337. The average molecular weight is 370 g/mol. The maximum atomic E-state index is 12.9. The van der Waals surface area contributed by atoms with Crippen molar-refractivity contribution in [2.24, 2.45) is 5.41 Å². The van der Waals surface area contributed by atoms with E-state index in [0.29, 0.717) is 25.3 Å². The smallest absolute Gasteiger partial charge is 0.258 e. The molecule has 1 unspecified atom stereocenters. The van der Waals surface area contributed by atoms with Crippen LogP contribution >= 0.6 is 0 Å². The van der Waals surface area contributed by atoms with Crippen molar-refractivity contribution in [1.29, 1.82) is 0 Å². The lowest BCUT2D eigenvalue weighted by Crippen LogP contribution is -2.50. The molecule has 2 aliphatic rings. The molecule has 2 fully saturated rings. The third-order valence-corrected chi connectivity index (χ3v) is 5.87. The van der Waals surface area contributed by atoms with Gasteiger partial charge in [-0.1, -0.05) is 6.07 Å². The normalized spacial score (nSPS) is 23.6. The minimum Gasteiger partial charge on any atom is -0.395 e. The summed E-state index contributed by atoms with van der Waals surface area (Å²) in [4.78, 5) is 34.0. The van der Waals surface area contributed by atoms with Gasteiger partial charge in [-0.25, -0.2) is 4.98 Å². The standard InChI is InChI=1S/C20H26N4O3/c1-15-3-4-17-21-16(11-18(26)24(17)12-15)13-22-8-6-20(14-22)5-2-7-23(9-10-25)19(20)27/h3-4,11-12,25H,2,5-10,13-14H2,1H3. The zero-order valence-corrected chi connectivity index (χ0v) is 15.7. The molecule has 0 aromatic carbocycles. The molecule has 144 valence electrons. The fourth-order valence-corrected chi connectivity index (χ4v) is 4.53. The van der Waals surface area contributed by atoms with Gasteiger partial charge in [-0.3, -0.25) is 18.9 Å². The summed E-state index contributed by atoms with van der Waals surface area (Å²) in [5, 5.41) is 9.20. The van der Waals surface area contributed by atoms with Crippen LogP contribution < -0.4 is 5.56 Å². The molecule has 2 saturated heterocycles. The summed E-state index contributed by atoms with van der Waals surface area (Å²) in [7, 11) is 0. The van der Waals surface area contributed by atoms with Gasteiger partial charge in [0.15, 0.2) is 0 Å². The fraction of sp³-hybridized carbons (Fsp3) is 0.550. The highest BCUT2D eigenvalue weighted by Gasteiger charge is 2.48. The number of aliphatic hydroxyl groups excluding tert-OH is 1. The first-order valence-electron chi connectivity index (χ1n) is 9.62. The monoisotopic (exact) mass is 370 g/mol. The van der Waals surface area contributed by atoms with Crippen LogP contribution in [0.1, 0.15) is 30.5 Å². The molecule has 1 N–H and O–H groups in total. The molecular formula is C20H26N4O3. The lowest BCUT2D eigenvalue weighted by Gasteiger charge is -2.39. The third-order valence-electron chi connectivity index (χ3n) is 5.87. The van der Waals surface area contributed by atoms with Crippen LogP contribution in [0.15, 0.2) is 29.2 Å². The van der Waals surface area contributed by atoms with E-state index in [1.807, 2.05) is 19.1 Å². The van der Waals surface area contributed by atoms with Gasteiger partial charge in [-0.05, 0) is 44.4 Å². The molecule has 0 saturated carbocycles. The van der Waals surface area contributed by atoms with E-state index in [2.05, 4.69) is 9.88 Å². The van der Waals surface area contributed by atoms with E-state index < -0.39 is 0 Å². The average Bonchev–Trinajstić information content (AvgIpc) is 3.04. The van der Waals surface area contributed by atoms with Gasteiger partial charge in [0.1, 0.15) is 5.65 Å². The van der Waals surface area contributed by atoms with Crippen LogP contribution in [0, 0.1) is 12.3 Å². The van der Waals surface area contributed by atoms with Crippen molar-refractivity contribution >= 4 is 11.6 Å². The van der Waals surface area contributed by atoms with Crippen LogP contribution in [0.4, 0.5) is 0 Å². The molecular weight excluding hydrogens is 344 g/mol. The predicted octanol–water partition coefficient (Wildman–Crippen LogP) is 0.810. The number of aliphatic hydroxyl groups is 1. The highest BCUT2D eigenvalue weighted by Crippen LogP contribution is 2.40. The minimum absolute atomic E-state index is 0.00988. The van der Waals surface area contributed by atoms with E-state index in [-0.39, 0.29) is 23.5 Å². The number of aromatic nitrogens is 2. The molecule has 7 heteroatoms. The lowest BCUT2D eigenvalue weighted by atomic mass is 9.78. The number of hydrogen-bond acceptors (Lipinski definition) is 5. The van der Waals surface area contributed by atoms with Crippen molar-refractivity contribution < 1.29 is 9.90 Å². The van der Waals surface area contributed by atoms with Crippen LogP contribution in [-0.4, -0.2) is 63.0 Å². The molecule has 7 nitrogen and oxygen atoms in total. The zero-order chi connectivity index (χ0) is 19.0. The van der Waals surface area contributed by atoms with Gasteiger partial charge in [0.05, 0.1) is 17.7 Å². The molecule has 2 aromatic rings. The number of aryl methyl sites for hydroxylation is 1. The summed E-state index contributed by atoms with van der Waals surface area (Å²) in [6.07, 6.45) is 4.51. The number of likely N-dealkylation sites (tertiary alicyclic amines) is 2. The molecule has 1 atom stereocenters. The van der Waals surface area contributed by atoms with E-state index >= 15 is 0 Å². The molecule has 2 aliphatic heterocycles. The van der Waals surface area contributed by atoms with E-state index in [9.17, 15) is 14.7 Å². The number of pyridine rings is 1. The summed E-state index contributed by atoms with van der Waals surface area (Å²) < 4.78 is 1.57. The van der Waals surface area contributed by atoms with Gasteiger partial charge in [0.25, 0.3) is 5.56 Å². The number of nitrogens with zero attached hydrogens (tertiary/aromatic N) is 4. The quantitative estimate of drug-likeness (QED) is 0.862. The van der Waals surface area contributed by atoms with E-state index in [1.165, 1.54) is 0 Å². The third kappa shape index (κ3) is 3.37. The number of β-amino-alcohol motifs (C(OH)–C–C–N with tert-alkyl or cyclic N) is 1. The number of piperidine rings is 1. The first-order valence-corrected chi connectivity index (χ1v) is 9.62. The van der Waals surface area contributed by atoms with Crippen molar-refractivity contribution in [1.82, 2.24) is 19.2 Å². The number of hydrogen-bond donors (Lipinski definition) is 1. The Morgan fingerprint density at radius 3 is 2.89 bits per heavy atom. The lowest BCUT2D eigenvalue weighted by molar-refractivity contribution is -0.146. The molecule has 2 aromatic heterocycles. The maximum absolute atomic E-state index is 12.9. The Bertz CT molecular complexity index is 923. The van der Waals surface area contributed by atoms with Crippen molar-refractivity contribution in [2.75, 3.05) is 32.8 Å². The number of carbonyl (C=O) groups excluding carboxylic acids is 1. The van der Waals surface area contributed by atoms with Gasteiger partial charge >= 0.3 is 0 Å². The second kappa shape index (κ2) is 7.05. The second-order valence-electron chi connectivity index (χ2n) is 7.88. The largest absolute Gasteiger partial charge is 0.395 e. The van der Waals surface area contributed by atoms with Crippen molar-refractivity contribution in [3.63, 3.8) is 0 Å². The number of amides is 1. The highest BCUT2D eigenvalue weighted by molar-refractivity contribution is 5.84. The molecule has 4 heterocycles. The van der Waals surface area contributed by atoms with Gasteiger partial charge in [0, 0.05) is 38.4 Å². The van der Waals surface area contributed by atoms with Crippen molar-refractivity contribution in [3.05, 3.63) is 46.0 Å². The van der Waals surface area contributed by atoms with Gasteiger partial charge < -0.3 is 10.0 Å². The summed E-state index contributed by atoms with van der Waals surface area (Å²) in [5.74, 6) is 0.173. The summed E-state index contributed by atoms with van der Waals surface area (Å²) in [6.45, 7) is 5.22. The Kier molecular flexibility index (Phi) is 4.74. The Morgan fingerprint density at radius 2 is 2.07 bits per heavy atom. The van der Waals surface area contributed by atoms with E-state index in [0.717, 1.165) is 43.6 Å². The SMILES string of the molecule is Cc1ccc2nc(CN3CCC4(CCCN(CCO)C4=O)C3)cc(=O)n2c1. The maximum Gasteiger partial charge on any atom is 0.258 e. The molecule has 1 spiro atoms. The Hall–Kier alpha value is -2.25. The first kappa shape index (κ1) is 18.1. The molecule has 0 bridgehead atoms. The van der Waals surface area contributed by atoms with Gasteiger partial charge in [-0.15, -0.1) is 0 Å². The highest BCUT2D eigenvalue weighted by atomic mass is 16.3. The summed E-state index contributed by atoms with van der Waals surface area (Å²) in [6, 6.07) is 5.41. The van der Waals surface area contributed by atoms with Gasteiger partial charge in [0.2, 0.25) is 5.91 Å². The predicted molar refractivity (Wildman–Crippen MR) is 101 cm³/mol. The second-order valence-corrected chi connectivity index (χ2v) is 7.88. The molecule has 0 aliphatic carbocycles. The fourth-order valence-electron chi connectivity index (χ4n) is 4.53. The Morgan fingerprint density at radius 1 is 1.22 bits per heavy atom. The Balaban J connectivity index is 1.52. The number of rotatable bonds is 4. The van der Waals surface area contributed by atoms with Crippen LogP contribution in [0.2, 0.25) is 0 Å². The Labute approximate surface area is 158 Å². The van der Waals surface area contributed by atoms with Crippen molar-refractivity contribution in [3.8, 4) is 0 Å². The van der Waals surface area contributed by atoms with E-state index in [4.69, 9.17) is 0 Å². The summed E-state index contributed by atoms with van der Waals surface area (Å²) >= 11 is 0. The summed E-state index contributed by atoms with van der Waals surface area (Å²) in [5.41, 5.74) is 2.01. The van der Waals surface area contributed by atoms with Crippen LogP contribution in [0.5, 0.6) is 0 Å². The molecule has 4 rings (SSSR count). The van der Waals surface area contributed by atoms with Crippen molar-refractivity contribution in [2.45, 2.75) is 32.7 Å². The van der Waals surface area contributed by atoms with Gasteiger partial charge in [-0.2, -0.15) is 0 Å². The van der Waals surface area contributed by atoms with Crippen LogP contribution in [-0.2, 0) is 11.3 Å². The number of fused-ring (bicyclic) bond motifs is 1. The zero-order valence-electron chi connectivity index (χ0n) is 15.7. The van der Waals surface area contributed by atoms with E-state index in [1.54, 1.807) is 21.6 Å². The van der Waals surface area contributed by atoms with Crippen LogP contribution in [0.25, 0.3) is 5.65 Å². The molecule has 0 radical (unpaired) electrons. The topological polar surface area (TPSA) is 78.2 Å².